The van der Waals surface area contributed by atoms with Gasteiger partial charge in [-0.25, -0.2) is 4.39 Å². The van der Waals surface area contributed by atoms with Crippen LogP contribution in [0.15, 0.2) is 53.1 Å². The summed E-state index contributed by atoms with van der Waals surface area (Å²) in [5.74, 6) is 0.211. The lowest BCUT2D eigenvalue weighted by Gasteiger charge is -2.39. The maximum absolute atomic E-state index is 13.3. The van der Waals surface area contributed by atoms with Crippen LogP contribution in [0.25, 0.3) is 11.5 Å². The van der Waals surface area contributed by atoms with Gasteiger partial charge in [0.05, 0.1) is 5.41 Å². The van der Waals surface area contributed by atoms with Gasteiger partial charge in [-0.15, -0.1) is 0 Å². The highest BCUT2D eigenvalue weighted by atomic mass is 19.1. The number of piperidine rings is 1. The van der Waals surface area contributed by atoms with E-state index >= 15 is 0 Å². The summed E-state index contributed by atoms with van der Waals surface area (Å²) < 4.78 is 18.4. The molecule has 8 nitrogen and oxygen atoms in total. The molecule has 0 unspecified atom stereocenters. The van der Waals surface area contributed by atoms with Crippen molar-refractivity contribution < 1.29 is 23.6 Å². The van der Waals surface area contributed by atoms with Crippen molar-refractivity contribution in [3.05, 3.63) is 71.3 Å². The summed E-state index contributed by atoms with van der Waals surface area (Å²) >= 11 is 0. The van der Waals surface area contributed by atoms with Gasteiger partial charge >= 0.3 is 5.97 Å². The molecule has 1 atom stereocenters. The average molecular weight is 537 g/mol. The van der Waals surface area contributed by atoms with E-state index in [0.29, 0.717) is 47.5 Å². The molecule has 5 rings (SSSR count). The maximum Gasteiger partial charge on any atom is 0.314 e. The molecule has 2 aliphatic rings. The molecule has 208 valence electrons. The number of nitrogens with zero attached hydrogens (tertiary/aromatic N) is 3. The number of likely N-dealkylation sites (tertiary alicyclic amines) is 1. The highest BCUT2D eigenvalue weighted by Gasteiger charge is 2.44. The summed E-state index contributed by atoms with van der Waals surface area (Å²) in [5.41, 5.74) is 6.42. The second-order valence-corrected chi connectivity index (χ2v) is 10.7. The van der Waals surface area contributed by atoms with Gasteiger partial charge in [0.25, 0.3) is 11.8 Å². The van der Waals surface area contributed by atoms with Crippen molar-refractivity contribution in [3.8, 4) is 11.5 Å². The van der Waals surface area contributed by atoms with E-state index in [-0.39, 0.29) is 18.7 Å². The van der Waals surface area contributed by atoms with Crippen LogP contribution >= 0.6 is 0 Å². The Balaban J connectivity index is 0.000000333. The fourth-order valence-electron chi connectivity index (χ4n) is 5.50. The summed E-state index contributed by atoms with van der Waals surface area (Å²) in [4.78, 5) is 30.8. The molecule has 2 heterocycles. The van der Waals surface area contributed by atoms with Crippen molar-refractivity contribution in [1.29, 1.82) is 0 Å². The van der Waals surface area contributed by atoms with Crippen LogP contribution < -0.4 is 5.73 Å². The lowest BCUT2D eigenvalue weighted by molar-refractivity contribution is -0.145. The highest BCUT2D eigenvalue weighted by molar-refractivity contribution is 5.95. The number of hydrogen-bond donors (Lipinski definition) is 2. The van der Waals surface area contributed by atoms with Crippen LogP contribution in [0.1, 0.15) is 73.6 Å². The van der Waals surface area contributed by atoms with Crippen LogP contribution in [-0.4, -0.2) is 51.2 Å². The van der Waals surface area contributed by atoms with Crippen LogP contribution in [0.2, 0.25) is 0 Å². The van der Waals surface area contributed by atoms with E-state index in [1.807, 2.05) is 0 Å². The molecular formula is C30H37FN4O4. The van der Waals surface area contributed by atoms with E-state index < -0.39 is 17.2 Å². The summed E-state index contributed by atoms with van der Waals surface area (Å²) in [6, 6.07) is 12.9. The Morgan fingerprint density at radius 3 is 2.15 bits per heavy atom. The molecule has 1 aliphatic heterocycles. The minimum Gasteiger partial charge on any atom is -0.481 e. The zero-order valence-corrected chi connectivity index (χ0v) is 22.6. The first kappa shape index (κ1) is 28.4. The van der Waals surface area contributed by atoms with Crippen molar-refractivity contribution in [2.75, 3.05) is 13.1 Å². The number of carboxylic acids is 1. The Kier molecular flexibility index (Phi) is 9.12. The van der Waals surface area contributed by atoms with Gasteiger partial charge < -0.3 is 20.3 Å². The third kappa shape index (κ3) is 6.71. The molecule has 0 radical (unpaired) electrons. The first-order valence-corrected chi connectivity index (χ1v) is 13.6. The summed E-state index contributed by atoms with van der Waals surface area (Å²) in [6.07, 6.45) is 7.52. The summed E-state index contributed by atoms with van der Waals surface area (Å²) in [6.45, 7) is 4.46. The summed E-state index contributed by atoms with van der Waals surface area (Å²) in [7, 11) is 0. The molecule has 2 fully saturated rings. The van der Waals surface area contributed by atoms with E-state index in [4.69, 9.17) is 10.3 Å². The predicted octanol–water partition coefficient (Wildman–Crippen LogP) is 5.36. The lowest BCUT2D eigenvalue weighted by Crippen LogP contribution is -2.49. The minimum absolute atomic E-state index is 0.165. The van der Waals surface area contributed by atoms with Gasteiger partial charge in [0.15, 0.2) is 5.82 Å². The number of amides is 1. The topological polar surface area (TPSA) is 123 Å². The second kappa shape index (κ2) is 12.5. The number of carboxylic acid groups (broad SMARTS) is 1. The molecule has 1 saturated carbocycles. The van der Waals surface area contributed by atoms with Gasteiger partial charge in [-0.3, -0.25) is 9.59 Å². The van der Waals surface area contributed by atoms with E-state index in [0.717, 1.165) is 5.92 Å². The molecular weight excluding hydrogens is 499 g/mol. The number of rotatable bonds is 5. The fraction of sp³-hybridized carbons (Fsp3) is 0.467. The number of nitrogens with two attached hydrogens (primary N) is 1. The van der Waals surface area contributed by atoms with Gasteiger partial charge in [0, 0.05) is 30.3 Å². The third-order valence-corrected chi connectivity index (χ3v) is 8.01. The Hall–Kier alpha value is -3.59. The smallest absolute Gasteiger partial charge is 0.314 e. The van der Waals surface area contributed by atoms with Crippen molar-refractivity contribution in [1.82, 2.24) is 15.0 Å². The summed E-state index contributed by atoms with van der Waals surface area (Å²) in [5, 5.41) is 13.6. The van der Waals surface area contributed by atoms with Gasteiger partial charge in [-0.05, 0) is 87.4 Å². The Morgan fingerprint density at radius 2 is 1.67 bits per heavy atom. The standard InChI is InChI=1S/C22H20FN3O4.C8H17N/c1-14-24-19(30-25-14)15-2-4-16(5-3-15)20(27)26-12-10-22(11-13-26,21(28)29)17-6-8-18(23)9-7-17;1-7(9)8-5-3-2-4-6-8/h2-9H,10-13H2,1H3,(H,28,29);7-8H,2-6,9H2,1H3/t;7-/m.0/s1. The van der Waals surface area contributed by atoms with Crippen molar-refractivity contribution in [2.24, 2.45) is 11.7 Å². The zero-order chi connectivity index (χ0) is 28.0. The zero-order valence-electron chi connectivity index (χ0n) is 22.6. The second-order valence-electron chi connectivity index (χ2n) is 10.7. The van der Waals surface area contributed by atoms with Crippen LogP contribution in [0.5, 0.6) is 0 Å². The van der Waals surface area contributed by atoms with Crippen LogP contribution in [-0.2, 0) is 10.2 Å². The number of aromatic nitrogens is 2. The van der Waals surface area contributed by atoms with Crippen LogP contribution in [0.3, 0.4) is 0 Å². The number of halogens is 1. The van der Waals surface area contributed by atoms with Crippen molar-refractivity contribution in [3.63, 3.8) is 0 Å². The molecule has 1 aromatic heterocycles. The minimum atomic E-state index is -1.12. The Bertz CT molecular complexity index is 1240. The quantitative estimate of drug-likeness (QED) is 0.450. The number of aliphatic carboxylic acids is 1. The van der Waals surface area contributed by atoms with Crippen molar-refractivity contribution in [2.45, 2.75) is 70.3 Å². The normalized spacial score (nSPS) is 18.1. The van der Waals surface area contributed by atoms with Gasteiger partial charge in [-0.2, -0.15) is 4.98 Å². The number of benzene rings is 2. The first-order valence-electron chi connectivity index (χ1n) is 13.6. The molecule has 0 bridgehead atoms. The number of hydrogen-bond acceptors (Lipinski definition) is 6. The Labute approximate surface area is 228 Å². The molecule has 39 heavy (non-hydrogen) atoms. The third-order valence-electron chi connectivity index (χ3n) is 8.01. The lowest BCUT2D eigenvalue weighted by atomic mass is 9.72. The average Bonchev–Trinajstić information content (AvgIpc) is 3.40. The SMILES string of the molecule is C[C@H](N)C1CCCCC1.Cc1noc(-c2ccc(C(=O)N3CCC(C(=O)O)(c4ccc(F)cc4)CC3)cc2)n1. The van der Waals surface area contributed by atoms with Crippen molar-refractivity contribution >= 4 is 11.9 Å². The highest BCUT2D eigenvalue weighted by Crippen LogP contribution is 2.36. The predicted molar refractivity (Wildman–Crippen MR) is 146 cm³/mol. The van der Waals surface area contributed by atoms with Crippen LogP contribution in [0, 0.1) is 18.7 Å². The number of carbonyl (C=O) groups is 2. The molecule has 1 aliphatic carbocycles. The molecule has 1 amide bonds. The van der Waals surface area contributed by atoms with Crippen LogP contribution in [0.4, 0.5) is 4.39 Å². The molecule has 1 saturated heterocycles. The van der Waals surface area contributed by atoms with Gasteiger partial charge in [0.1, 0.15) is 5.82 Å². The van der Waals surface area contributed by atoms with Gasteiger partial charge in [-0.1, -0.05) is 36.6 Å². The Morgan fingerprint density at radius 1 is 1.05 bits per heavy atom. The molecule has 2 aromatic carbocycles. The molecule has 3 aromatic rings. The van der Waals surface area contributed by atoms with E-state index in [2.05, 4.69) is 17.1 Å². The van der Waals surface area contributed by atoms with E-state index in [1.54, 1.807) is 36.1 Å². The molecule has 3 N–H and O–H groups in total. The van der Waals surface area contributed by atoms with E-state index in [1.165, 1.54) is 56.4 Å². The molecule has 9 heteroatoms. The fourth-order valence-corrected chi connectivity index (χ4v) is 5.50. The largest absolute Gasteiger partial charge is 0.481 e. The monoisotopic (exact) mass is 536 g/mol. The van der Waals surface area contributed by atoms with E-state index in [9.17, 15) is 19.1 Å². The number of carbonyl (C=O) groups excluding carboxylic acids is 1. The van der Waals surface area contributed by atoms with Gasteiger partial charge in [0.2, 0.25) is 0 Å². The first-order chi connectivity index (χ1) is 18.7. The molecule has 0 spiro atoms. The number of aryl methyl sites for hydroxylation is 1. The maximum atomic E-state index is 13.3.